The minimum absolute atomic E-state index is 0.00556. The molecule has 138 valence electrons. The van der Waals surface area contributed by atoms with Gasteiger partial charge in [0.25, 0.3) is 0 Å². The summed E-state index contributed by atoms with van der Waals surface area (Å²) < 4.78 is 33.4. The second-order valence-corrected chi connectivity index (χ2v) is 8.33. The van der Waals surface area contributed by atoms with Crippen molar-refractivity contribution in [3.63, 3.8) is 0 Å². The highest BCUT2D eigenvalue weighted by molar-refractivity contribution is 7.89. The van der Waals surface area contributed by atoms with E-state index in [0.29, 0.717) is 18.6 Å². The lowest BCUT2D eigenvalue weighted by Crippen LogP contribution is -2.42. The molecule has 26 heavy (non-hydrogen) atoms. The van der Waals surface area contributed by atoms with Gasteiger partial charge < -0.3 is 4.74 Å². The van der Waals surface area contributed by atoms with E-state index in [1.54, 1.807) is 48.5 Å². The normalized spacial score (nSPS) is 21.0. The Balaban J connectivity index is 1.88. The van der Waals surface area contributed by atoms with E-state index in [1.807, 2.05) is 19.9 Å². The maximum absolute atomic E-state index is 13.2. The van der Waals surface area contributed by atoms with Crippen LogP contribution in [0, 0.1) is 6.92 Å². The lowest BCUT2D eigenvalue weighted by molar-refractivity contribution is 0.0538. The summed E-state index contributed by atoms with van der Waals surface area (Å²) in [6.45, 7) is 4.13. The van der Waals surface area contributed by atoms with Gasteiger partial charge in [0.2, 0.25) is 10.0 Å². The van der Waals surface area contributed by atoms with Gasteiger partial charge in [0, 0.05) is 5.56 Å². The summed E-state index contributed by atoms with van der Waals surface area (Å²) in [5.74, 6) is -0.128. The Bertz CT molecular complexity index is 862. The highest BCUT2D eigenvalue weighted by atomic mass is 32.2. The first-order valence-electron chi connectivity index (χ1n) is 8.73. The van der Waals surface area contributed by atoms with Gasteiger partial charge in [0.1, 0.15) is 6.23 Å². The summed E-state index contributed by atoms with van der Waals surface area (Å²) in [6.07, 6.45) is -0.147. The number of carbonyl (C=O) groups is 1. The molecule has 0 saturated carbocycles. The number of ether oxygens (including phenoxy) is 1. The number of carbonyl (C=O) groups excluding carboxylic acids is 1. The standard InChI is InChI=1S/C20H23NO4S/c1-3-17-14-25-20(13-19(22)16-7-5-4-6-8-16)21(17)26(23,24)18-11-9-15(2)10-12-18/h4-12,17,20H,3,13-14H2,1-2H3/t17-,20-/m1/s1. The van der Waals surface area contributed by atoms with Gasteiger partial charge in [-0.3, -0.25) is 4.79 Å². The molecule has 6 heteroatoms. The first-order valence-corrected chi connectivity index (χ1v) is 10.2. The molecule has 5 nitrogen and oxygen atoms in total. The van der Waals surface area contributed by atoms with E-state index < -0.39 is 16.3 Å². The molecule has 0 amide bonds. The van der Waals surface area contributed by atoms with Crippen LogP contribution in [0.4, 0.5) is 0 Å². The molecule has 0 spiro atoms. The van der Waals surface area contributed by atoms with Gasteiger partial charge in [-0.05, 0) is 25.5 Å². The third-order valence-electron chi connectivity index (χ3n) is 4.65. The smallest absolute Gasteiger partial charge is 0.245 e. The number of hydrogen-bond acceptors (Lipinski definition) is 4. The SMILES string of the molecule is CC[C@@H]1CO[C@H](CC(=O)c2ccccc2)N1S(=O)(=O)c1ccc(C)cc1. The second-order valence-electron chi connectivity index (χ2n) is 6.49. The van der Waals surface area contributed by atoms with Crippen LogP contribution in [0.1, 0.15) is 35.7 Å². The van der Waals surface area contributed by atoms with E-state index in [4.69, 9.17) is 4.74 Å². The van der Waals surface area contributed by atoms with Crippen molar-refractivity contribution in [2.24, 2.45) is 0 Å². The molecule has 1 heterocycles. The quantitative estimate of drug-likeness (QED) is 0.728. The fourth-order valence-corrected chi connectivity index (χ4v) is 4.91. The molecule has 2 aromatic carbocycles. The third-order valence-corrected chi connectivity index (χ3v) is 6.60. The summed E-state index contributed by atoms with van der Waals surface area (Å²) in [7, 11) is -3.74. The van der Waals surface area contributed by atoms with Crippen LogP contribution >= 0.6 is 0 Å². The molecule has 0 bridgehead atoms. The van der Waals surface area contributed by atoms with E-state index >= 15 is 0 Å². The topological polar surface area (TPSA) is 63.7 Å². The van der Waals surface area contributed by atoms with Crippen molar-refractivity contribution >= 4 is 15.8 Å². The molecule has 0 unspecified atom stereocenters. The average Bonchev–Trinajstić information content (AvgIpc) is 3.06. The minimum Gasteiger partial charge on any atom is -0.360 e. The number of benzene rings is 2. The maximum atomic E-state index is 13.2. The van der Waals surface area contributed by atoms with Crippen molar-refractivity contribution in [1.29, 1.82) is 0 Å². The Kier molecular flexibility index (Phi) is 5.55. The predicted molar refractivity (Wildman–Crippen MR) is 99.4 cm³/mol. The molecule has 0 radical (unpaired) electrons. The van der Waals surface area contributed by atoms with Gasteiger partial charge in [-0.2, -0.15) is 4.31 Å². The Morgan fingerprint density at radius 3 is 2.38 bits per heavy atom. The molecule has 0 aromatic heterocycles. The van der Waals surface area contributed by atoms with Crippen LogP contribution < -0.4 is 0 Å². The molecular weight excluding hydrogens is 350 g/mol. The highest BCUT2D eigenvalue weighted by Gasteiger charge is 2.43. The van der Waals surface area contributed by atoms with Crippen LogP contribution in [-0.4, -0.2) is 37.4 Å². The molecular formula is C20H23NO4S. The van der Waals surface area contributed by atoms with Gasteiger partial charge in [-0.1, -0.05) is 55.0 Å². The number of aryl methyl sites for hydroxylation is 1. The van der Waals surface area contributed by atoms with Crippen molar-refractivity contribution in [3.05, 3.63) is 65.7 Å². The first-order chi connectivity index (χ1) is 12.4. The monoisotopic (exact) mass is 373 g/mol. The summed E-state index contributed by atoms with van der Waals surface area (Å²) in [6, 6.07) is 15.4. The summed E-state index contributed by atoms with van der Waals surface area (Å²) in [5, 5.41) is 0. The van der Waals surface area contributed by atoms with Crippen molar-refractivity contribution < 1.29 is 17.9 Å². The van der Waals surface area contributed by atoms with Gasteiger partial charge in [-0.15, -0.1) is 0 Å². The lowest BCUT2D eigenvalue weighted by atomic mass is 10.1. The maximum Gasteiger partial charge on any atom is 0.245 e. The van der Waals surface area contributed by atoms with E-state index in [9.17, 15) is 13.2 Å². The summed E-state index contributed by atoms with van der Waals surface area (Å²) >= 11 is 0. The average molecular weight is 373 g/mol. The zero-order chi connectivity index (χ0) is 18.7. The fourth-order valence-electron chi connectivity index (χ4n) is 3.13. The van der Waals surface area contributed by atoms with Crippen LogP contribution in [0.15, 0.2) is 59.5 Å². The Hall–Kier alpha value is -2.02. The van der Waals surface area contributed by atoms with E-state index in [-0.39, 0.29) is 23.1 Å². The highest BCUT2D eigenvalue weighted by Crippen LogP contribution is 2.30. The van der Waals surface area contributed by atoms with E-state index in [0.717, 1.165) is 5.56 Å². The van der Waals surface area contributed by atoms with Crippen LogP contribution in [0.3, 0.4) is 0 Å². The Morgan fingerprint density at radius 2 is 1.77 bits per heavy atom. The Labute approximate surface area is 154 Å². The van der Waals surface area contributed by atoms with Gasteiger partial charge in [0.15, 0.2) is 5.78 Å². The number of rotatable bonds is 6. The predicted octanol–water partition coefficient (Wildman–Crippen LogP) is 3.39. The minimum atomic E-state index is -3.74. The zero-order valence-electron chi connectivity index (χ0n) is 15.0. The van der Waals surface area contributed by atoms with E-state index in [1.165, 1.54) is 4.31 Å². The molecule has 1 aliphatic rings. The molecule has 0 aliphatic carbocycles. The van der Waals surface area contributed by atoms with Crippen LogP contribution in [0.5, 0.6) is 0 Å². The Morgan fingerprint density at radius 1 is 1.12 bits per heavy atom. The molecule has 2 aromatic rings. The molecule has 3 rings (SSSR count). The number of ketones is 1. The zero-order valence-corrected chi connectivity index (χ0v) is 15.8. The van der Waals surface area contributed by atoms with Crippen molar-refractivity contribution in [1.82, 2.24) is 4.31 Å². The number of sulfonamides is 1. The van der Waals surface area contributed by atoms with Crippen LogP contribution in [-0.2, 0) is 14.8 Å². The number of nitrogens with zero attached hydrogens (tertiary/aromatic N) is 1. The van der Waals surface area contributed by atoms with Gasteiger partial charge in [0.05, 0.1) is 24.0 Å². The third kappa shape index (κ3) is 3.72. The molecule has 2 atom stereocenters. The summed E-state index contributed by atoms with van der Waals surface area (Å²) in [5.41, 5.74) is 1.55. The molecule has 1 fully saturated rings. The van der Waals surface area contributed by atoms with E-state index in [2.05, 4.69) is 0 Å². The molecule has 1 aliphatic heterocycles. The van der Waals surface area contributed by atoms with Crippen molar-refractivity contribution in [2.75, 3.05) is 6.61 Å². The van der Waals surface area contributed by atoms with Gasteiger partial charge >= 0.3 is 0 Å². The lowest BCUT2D eigenvalue weighted by Gasteiger charge is -2.26. The second kappa shape index (κ2) is 7.70. The number of Topliss-reactive ketones (excluding diaryl/α,β-unsaturated/α-hetero) is 1. The first kappa shape index (κ1) is 18.8. The van der Waals surface area contributed by atoms with Crippen molar-refractivity contribution in [2.45, 2.75) is 43.9 Å². The fraction of sp³-hybridized carbons (Fsp3) is 0.350. The molecule has 1 saturated heterocycles. The summed E-state index contributed by atoms with van der Waals surface area (Å²) in [4.78, 5) is 12.8. The van der Waals surface area contributed by atoms with Crippen LogP contribution in [0.25, 0.3) is 0 Å². The van der Waals surface area contributed by atoms with Gasteiger partial charge in [-0.25, -0.2) is 8.42 Å². The largest absolute Gasteiger partial charge is 0.360 e. The number of hydrogen-bond donors (Lipinski definition) is 0. The molecule has 0 N–H and O–H groups in total. The van der Waals surface area contributed by atoms with Crippen molar-refractivity contribution in [3.8, 4) is 0 Å². The van der Waals surface area contributed by atoms with Crippen LogP contribution in [0.2, 0.25) is 0 Å².